The van der Waals surface area contributed by atoms with Gasteiger partial charge in [-0.05, 0) is 37.6 Å². The normalized spacial score (nSPS) is 11.0. The average molecular weight is 218 g/mol. The molecule has 84 valence electrons. The van der Waals surface area contributed by atoms with Gasteiger partial charge in [0.05, 0.1) is 0 Å². The zero-order chi connectivity index (χ0) is 11.7. The molecule has 0 atom stereocenters. The molecule has 0 saturated heterocycles. The minimum absolute atomic E-state index is 0.222. The molecular formula is C13H15FN2. The topological polar surface area (TPSA) is 30.9 Å². The molecule has 2 rings (SSSR count). The second kappa shape index (κ2) is 4.00. The molecule has 2 nitrogen and oxygen atoms in total. The summed E-state index contributed by atoms with van der Waals surface area (Å²) in [7, 11) is 0. The minimum atomic E-state index is -0.222. The van der Waals surface area contributed by atoms with Crippen LogP contribution < -0.4 is 5.73 Å². The summed E-state index contributed by atoms with van der Waals surface area (Å²) in [5.74, 6) is 0.509. The quantitative estimate of drug-likeness (QED) is 0.822. The van der Waals surface area contributed by atoms with E-state index < -0.39 is 0 Å². The molecule has 0 bridgehead atoms. The second-order valence-electron chi connectivity index (χ2n) is 4.16. The molecule has 0 fully saturated rings. The molecule has 1 heterocycles. The van der Waals surface area contributed by atoms with Gasteiger partial charge in [-0.15, -0.1) is 0 Å². The van der Waals surface area contributed by atoms with Crippen LogP contribution in [0, 0.1) is 5.82 Å². The molecule has 0 aliphatic heterocycles. The Balaban J connectivity index is 2.41. The highest BCUT2D eigenvalue weighted by Crippen LogP contribution is 2.25. The Kier molecular flexibility index (Phi) is 2.69. The molecule has 0 spiro atoms. The van der Waals surface area contributed by atoms with Gasteiger partial charge in [-0.1, -0.05) is 12.1 Å². The molecule has 3 heteroatoms. The maximum Gasteiger partial charge on any atom is 0.123 e. The van der Waals surface area contributed by atoms with Gasteiger partial charge in [0, 0.05) is 17.8 Å². The lowest BCUT2D eigenvalue weighted by Gasteiger charge is -2.08. The molecule has 2 aromatic rings. The van der Waals surface area contributed by atoms with Crippen LogP contribution in [0.5, 0.6) is 0 Å². The Morgan fingerprint density at radius 1 is 1.12 bits per heavy atom. The van der Waals surface area contributed by atoms with Gasteiger partial charge in [0.1, 0.15) is 11.6 Å². The van der Waals surface area contributed by atoms with Crippen LogP contribution in [0.15, 0.2) is 36.5 Å². The van der Waals surface area contributed by atoms with Crippen LogP contribution in [0.2, 0.25) is 0 Å². The zero-order valence-electron chi connectivity index (χ0n) is 9.44. The third kappa shape index (κ3) is 1.94. The summed E-state index contributed by atoms with van der Waals surface area (Å²) < 4.78 is 14.8. The number of hydrogen-bond donors (Lipinski definition) is 1. The molecular weight excluding hydrogens is 203 g/mol. The van der Waals surface area contributed by atoms with Crippen molar-refractivity contribution in [3.8, 4) is 11.1 Å². The van der Waals surface area contributed by atoms with Gasteiger partial charge in [0.25, 0.3) is 0 Å². The monoisotopic (exact) mass is 218 g/mol. The Bertz CT molecular complexity index is 483. The lowest BCUT2D eigenvalue weighted by Crippen LogP contribution is -2.02. The molecule has 16 heavy (non-hydrogen) atoms. The first kappa shape index (κ1) is 10.7. The van der Waals surface area contributed by atoms with Crippen molar-refractivity contribution < 1.29 is 4.39 Å². The van der Waals surface area contributed by atoms with Gasteiger partial charge in [-0.2, -0.15) is 0 Å². The van der Waals surface area contributed by atoms with Gasteiger partial charge >= 0.3 is 0 Å². The van der Waals surface area contributed by atoms with E-state index in [0.717, 1.165) is 16.9 Å². The van der Waals surface area contributed by atoms with Crippen molar-refractivity contribution in [3.05, 3.63) is 42.3 Å². The molecule has 1 aromatic heterocycles. The highest BCUT2D eigenvalue weighted by molar-refractivity contribution is 5.66. The minimum Gasteiger partial charge on any atom is -0.385 e. The number of rotatable bonds is 2. The smallest absolute Gasteiger partial charge is 0.123 e. The number of nitrogens with zero attached hydrogens (tertiary/aromatic N) is 1. The lowest BCUT2D eigenvalue weighted by molar-refractivity contribution is 0.612. The maximum absolute atomic E-state index is 12.8. The lowest BCUT2D eigenvalue weighted by atomic mass is 10.1. The van der Waals surface area contributed by atoms with Gasteiger partial charge in [-0.25, -0.2) is 4.39 Å². The van der Waals surface area contributed by atoms with Crippen molar-refractivity contribution in [1.29, 1.82) is 0 Å². The van der Waals surface area contributed by atoms with Crippen LogP contribution in [0.3, 0.4) is 0 Å². The molecule has 0 unspecified atom stereocenters. The zero-order valence-corrected chi connectivity index (χ0v) is 9.44. The number of aromatic nitrogens is 1. The number of hydrogen-bond acceptors (Lipinski definition) is 1. The standard InChI is InChI=1S/C13H15FN2/c1-9(2)16-8-11(7-13(16)15)10-3-5-12(14)6-4-10/h3-9H,15H2,1-2H3. The summed E-state index contributed by atoms with van der Waals surface area (Å²) in [5.41, 5.74) is 7.90. The van der Waals surface area contributed by atoms with Crippen LogP contribution in [0.4, 0.5) is 10.2 Å². The van der Waals surface area contributed by atoms with Gasteiger partial charge in [0.2, 0.25) is 0 Å². The van der Waals surface area contributed by atoms with Crippen molar-refractivity contribution in [3.63, 3.8) is 0 Å². The molecule has 0 amide bonds. The van der Waals surface area contributed by atoms with E-state index in [1.54, 1.807) is 12.1 Å². The van der Waals surface area contributed by atoms with Gasteiger partial charge in [0.15, 0.2) is 0 Å². The summed E-state index contributed by atoms with van der Waals surface area (Å²) >= 11 is 0. The van der Waals surface area contributed by atoms with E-state index in [2.05, 4.69) is 13.8 Å². The number of nitrogens with two attached hydrogens (primary N) is 1. The number of benzene rings is 1. The number of anilines is 1. The number of nitrogen functional groups attached to an aromatic ring is 1. The van der Waals surface area contributed by atoms with E-state index in [1.807, 2.05) is 16.8 Å². The fraction of sp³-hybridized carbons (Fsp3) is 0.231. The van der Waals surface area contributed by atoms with E-state index in [4.69, 9.17) is 5.73 Å². The first-order valence-electron chi connectivity index (χ1n) is 5.31. The summed E-state index contributed by atoms with van der Waals surface area (Å²) in [6, 6.07) is 8.67. The van der Waals surface area contributed by atoms with E-state index >= 15 is 0 Å². The molecule has 0 aliphatic carbocycles. The predicted molar refractivity (Wildman–Crippen MR) is 64.6 cm³/mol. The summed E-state index contributed by atoms with van der Waals surface area (Å²) in [6.45, 7) is 4.15. The summed E-state index contributed by atoms with van der Waals surface area (Å²) in [6.07, 6.45) is 1.99. The SMILES string of the molecule is CC(C)n1cc(-c2ccc(F)cc2)cc1N. The van der Waals surface area contributed by atoms with Crippen molar-refractivity contribution in [2.75, 3.05) is 5.73 Å². The Morgan fingerprint density at radius 3 is 2.25 bits per heavy atom. The Labute approximate surface area is 94.5 Å². The molecule has 0 radical (unpaired) electrons. The van der Waals surface area contributed by atoms with E-state index in [9.17, 15) is 4.39 Å². The number of halogens is 1. The Hall–Kier alpha value is -1.77. The summed E-state index contributed by atoms with van der Waals surface area (Å²) in [4.78, 5) is 0. The van der Waals surface area contributed by atoms with Crippen LogP contribution in [-0.2, 0) is 0 Å². The Morgan fingerprint density at radius 2 is 1.75 bits per heavy atom. The van der Waals surface area contributed by atoms with Crippen LogP contribution in [-0.4, -0.2) is 4.57 Å². The fourth-order valence-electron chi connectivity index (χ4n) is 1.74. The molecule has 0 saturated carbocycles. The highest BCUT2D eigenvalue weighted by atomic mass is 19.1. The maximum atomic E-state index is 12.8. The van der Waals surface area contributed by atoms with Crippen molar-refractivity contribution >= 4 is 5.82 Å². The van der Waals surface area contributed by atoms with E-state index in [1.165, 1.54) is 12.1 Å². The summed E-state index contributed by atoms with van der Waals surface area (Å²) in [5, 5.41) is 0. The average Bonchev–Trinajstić information content (AvgIpc) is 2.61. The second-order valence-corrected chi connectivity index (χ2v) is 4.16. The predicted octanol–water partition coefficient (Wildman–Crippen LogP) is 3.46. The first-order chi connectivity index (χ1) is 7.58. The first-order valence-corrected chi connectivity index (χ1v) is 5.31. The third-order valence-electron chi connectivity index (χ3n) is 2.61. The van der Waals surface area contributed by atoms with E-state index in [-0.39, 0.29) is 5.82 Å². The van der Waals surface area contributed by atoms with Crippen molar-refractivity contribution in [2.45, 2.75) is 19.9 Å². The van der Waals surface area contributed by atoms with Crippen LogP contribution in [0.25, 0.3) is 11.1 Å². The van der Waals surface area contributed by atoms with Crippen LogP contribution in [0.1, 0.15) is 19.9 Å². The molecule has 1 aromatic carbocycles. The van der Waals surface area contributed by atoms with Crippen molar-refractivity contribution in [1.82, 2.24) is 4.57 Å². The largest absolute Gasteiger partial charge is 0.385 e. The third-order valence-corrected chi connectivity index (χ3v) is 2.61. The van der Waals surface area contributed by atoms with Crippen LogP contribution >= 0.6 is 0 Å². The highest BCUT2D eigenvalue weighted by Gasteiger charge is 2.07. The van der Waals surface area contributed by atoms with E-state index in [0.29, 0.717) is 6.04 Å². The molecule has 0 aliphatic rings. The molecule has 2 N–H and O–H groups in total. The van der Waals surface area contributed by atoms with Gasteiger partial charge < -0.3 is 10.3 Å². The fourth-order valence-corrected chi connectivity index (χ4v) is 1.74. The van der Waals surface area contributed by atoms with Crippen molar-refractivity contribution in [2.24, 2.45) is 0 Å². The van der Waals surface area contributed by atoms with Gasteiger partial charge in [-0.3, -0.25) is 0 Å².